The highest BCUT2D eigenvalue weighted by atomic mass is 35.5. The monoisotopic (exact) mass is 302 g/mol. The van der Waals surface area contributed by atoms with Crippen molar-refractivity contribution >= 4 is 17.3 Å². The van der Waals surface area contributed by atoms with Crippen LogP contribution in [0.25, 0.3) is 0 Å². The summed E-state index contributed by atoms with van der Waals surface area (Å²) in [6.07, 6.45) is 0.333. The van der Waals surface area contributed by atoms with E-state index in [-0.39, 0.29) is 12.3 Å². The van der Waals surface area contributed by atoms with Gasteiger partial charge in [-0.2, -0.15) is 5.26 Å². The van der Waals surface area contributed by atoms with Gasteiger partial charge in [-0.1, -0.05) is 23.7 Å². The largest absolute Gasteiger partial charge is 0.489 e. The minimum absolute atomic E-state index is 0.0273. The maximum atomic E-state index is 10.9. The Labute approximate surface area is 126 Å². The smallest absolute Gasteiger partial charge is 0.276 e. The summed E-state index contributed by atoms with van der Waals surface area (Å²) in [4.78, 5) is 10.5. The number of halogens is 1. The van der Waals surface area contributed by atoms with Crippen molar-refractivity contribution in [2.24, 2.45) is 0 Å². The molecule has 0 fully saturated rings. The highest BCUT2D eigenvalue weighted by Crippen LogP contribution is 2.24. The average molecular weight is 303 g/mol. The molecule has 0 aliphatic heterocycles. The normalized spacial score (nSPS) is 9.90. The number of rotatable bonds is 5. The van der Waals surface area contributed by atoms with E-state index in [1.54, 1.807) is 24.3 Å². The summed E-state index contributed by atoms with van der Waals surface area (Å²) in [5.41, 5.74) is 1.27. The Morgan fingerprint density at radius 2 is 1.95 bits per heavy atom. The average Bonchev–Trinajstić information content (AvgIpc) is 2.46. The first-order valence-corrected chi connectivity index (χ1v) is 6.49. The molecule has 106 valence electrons. The standard InChI is InChI=1S/C15H11ClN2O3/c16-13-3-6-15(18(19)20)12(9-13)10-21-14-4-1-11(2-5-14)7-8-17/h1-6,9H,7,10H2. The maximum absolute atomic E-state index is 10.9. The molecule has 2 aromatic carbocycles. The van der Waals surface area contributed by atoms with E-state index < -0.39 is 4.92 Å². The third-order valence-corrected chi connectivity index (χ3v) is 3.07. The lowest BCUT2D eigenvalue weighted by atomic mass is 10.1. The first kappa shape index (κ1) is 14.8. The van der Waals surface area contributed by atoms with Crippen LogP contribution in [0.1, 0.15) is 11.1 Å². The van der Waals surface area contributed by atoms with Crippen LogP contribution in [0.15, 0.2) is 42.5 Å². The second-order valence-corrected chi connectivity index (χ2v) is 4.73. The van der Waals surface area contributed by atoms with E-state index in [0.717, 1.165) is 5.56 Å². The van der Waals surface area contributed by atoms with Crippen LogP contribution in [0.5, 0.6) is 5.75 Å². The SMILES string of the molecule is N#CCc1ccc(OCc2cc(Cl)ccc2[N+](=O)[O-])cc1. The Bertz CT molecular complexity index is 693. The molecule has 0 radical (unpaired) electrons. The van der Waals surface area contributed by atoms with Crippen molar-refractivity contribution in [3.63, 3.8) is 0 Å². The van der Waals surface area contributed by atoms with Gasteiger partial charge in [-0.25, -0.2) is 0 Å². The van der Waals surface area contributed by atoms with Crippen molar-refractivity contribution in [3.8, 4) is 11.8 Å². The lowest BCUT2D eigenvalue weighted by Gasteiger charge is -2.07. The van der Waals surface area contributed by atoms with Crippen molar-refractivity contribution in [1.82, 2.24) is 0 Å². The Kier molecular flexibility index (Phi) is 4.75. The van der Waals surface area contributed by atoms with Crippen LogP contribution < -0.4 is 4.74 Å². The van der Waals surface area contributed by atoms with E-state index in [0.29, 0.717) is 22.8 Å². The second kappa shape index (κ2) is 6.73. The summed E-state index contributed by atoms with van der Waals surface area (Å²) in [7, 11) is 0. The number of benzene rings is 2. The van der Waals surface area contributed by atoms with Gasteiger partial charge in [0.15, 0.2) is 0 Å². The quantitative estimate of drug-likeness (QED) is 0.620. The van der Waals surface area contributed by atoms with Crippen LogP contribution in [-0.2, 0) is 13.0 Å². The molecule has 2 aromatic rings. The topological polar surface area (TPSA) is 76.2 Å². The molecule has 0 heterocycles. The van der Waals surface area contributed by atoms with E-state index in [4.69, 9.17) is 21.6 Å². The van der Waals surface area contributed by atoms with Crippen LogP contribution in [-0.4, -0.2) is 4.92 Å². The lowest BCUT2D eigenvalue weighted by Crippen LogP contribution is -2.00. The van der Waals surface area contributed by atoms with Crippen molar-refractivity contribution in [3.05, 3.63) is 68.7 Å². The van der Waals surface area contributed by atoms with Gasteiger partial charge in [0.05, 0.1) is 23.0 Å². The Morgan fingerprint density at radius 3 is 2.57 bits per heavy atom. The molecule has 2 rings (SSSR count). The van der Waals surface area contributed by atoms with Crippen molar-refractivity contribution in [1.29, 1.82) is 5.26 Å². The first-order valence-electron chi connectivity index (χ1n) is 6.11. The molecular formula is C15H11ClN2O3. The second-order valence-electron chi connectivity index (χ2n) is 4.30. The number of hydrogen-bond donors (Lipinski definition) is 0. The fraction of sp³-hybridized carbons (Fsp3) is 0.133. The van der Waals surface area contributed by atoms with E-state index in [1.165, 1.54) is 18.2 Å². The van der Waals surface area contributed by atoms with Gasteiger partial charge in [-0.3, -0.25) is 10.1 Å². The third kappa shape index (κ3) is 3.94. The van der Waals surface area contributed by atoms with Gasteiger partial charge in [0.25, 0.3) is 5.69 Å². The van der Waals surface area contributed by atoms with Crippen LogP contribution in [0.4, 0.5) is 5.69 Å². The Morgan fingerprint density at radius 1 is 1.24 bits per heavy atom. The fourth-order valence-electron chi connectivity index (χ4n) is 1.80. The van der Waals surface area contributed by atoms with Gasteiger partial charge in [0.2, 0.25) is 0 Å². The molecule has 0 spiro atoms. The molecule has 0 aliphatic carbocycles. The molecule has 21 heavy (non-hydrogen) atoms. The molecule has 0 saturated heterocycles. The highest BCUT2D eigenvalue weighted by molar-refractivity contribution is 6.30. The van der Waals surface area contributed by atoms with Crippen LogP contribution >= 0.6 is 11.6 Å². The van der Waals surface area contributed by atoms with Crippen molar-refractivity contribution < 1.29 is 9.66 Å². The summed E-state index contributed by atoms with van der Waals surface area (Å²) in [6.45, 7) is 0.0501. The van der Waals surface area contributed by atoms with E-state index in [9.17, 15) is 10.1 Å². The van der Waals surface area contributed by atoms with Gasteiger partial charge < -0.3 is 4.74 Å². The van der Waals surface area contributed by atoms with Crippen LogP contribution in [0.2, 0.25) is 5.02 Å². The zero-order valence-corrected chi connectivity index (χ0v) is 11.7. The van der Waals surface area contributed by atoms with Gasteiger partial charge in [0, 0.05) is 11.1 Å². The zero-order valence-electron chi connectivity index (χ0n) is 11.0. The molecule has 0 bridgehead atoms. The molecular weight excluding hydrogens is 292 g/mol. The molecule has 5 nitrogen and oxygen atoms in total. The number of ether oxygens (including phenoxy) is 1. The number of nitrogens with zero attached hydrogens (tertiary/aromatic N) is 2. The molecule has 0 saturated carbocycles. The molecule has 0 N–H and O–H groups in total. The third-order valence-electron chi connectivity index (χ3n) is 2.84. The first-order chi connectivity index (χ1) is 10.1. The molecule has 0 aromatic heterocycles. The molecule has 6 heteroatoms. The number of nitro benzene ring substituents is 1. The predicted octanol–water partition coefficient (Wildman–Crippen LogP) is 3.89. The number of hydrogen-bond acceptors (Lipinski definition) is 4. The molecule has 0 amide bonds. The summed E-state index contributed by atoms with van der Waals surface area (Å²) < 4.78 is 5.53. The zero-order chi connectivity index (χ0) is 15.2. The summed E-state index contributed by atoms with van der Waals surface area (Å²) in [6, 6.07) is 13.4. The molecule has 0 atom stereocenters. The maximum Gasteiger partial charge on any atom is 0.276 e. The van der Waals surface area contributed by atoms with Gasteiger partial charge >= 0.3 is 0 Å². The van der Waals surface area contributed by atoms with E-state index in [2.05, 4.69) is 6.07 Å². The number of nitro groups is 1. The Balaban J connectivity index is 2.11. The fourth-order valence-corrected chi connectivity index (χ4v) is 2.00. The van der Waals surface area contributed by atoms with E-state index in [1.807, 2.05) is 0 Å². The highest BCUT2D eigenvalue weighted by Gasteiger charge is 2.14. The van der Waals surface area contributed by atoms with Gasteiger partial charge in [-0.15, -0.1) is 0 Å². The van der Waals surface area contributed by atoms with Crippen LogP contribution in [0, 0.1) is 21.4 Å². The van der Waals surface area contributed by atoms with Crippen molar-refractivity contribution in [2.45, 2.75) is 13.0 Å². The van der Waals surface area contributed by atoms with Gasteiger partial charge in [0.1, 0.15) is 12.4 Å². The lowest BCUT2D eigenvalue weighted by molar-refractivity contribution is -0.385. The van der Waals surface area contributed by atoms with Crippen LogP contribution in [0.3, 0.4) is 0 Å². The summed E-state index contributed by atoms with van der Waals surface area (Å²) in [5.74, 6) is 0.575. The molecule has 0 aliphatic rings. The number of nitriles is 1. The minimum Gasteiger partial charge on any atom is -0.489 e. The minimum atomic E-state index is -0.467. The van der Waals surface area contributed by atoms with Gasteiger partial charge in [-0.05, 0) is 29.8 Å². The summed E-state index contributed by atoms with van der Waals surface area (Å²) >= 11 is 5.85. The molecule has 0 unspecified atom stereocenters. The van der Waals surface area contributed by atoms with Crippen molar-refractivity contribution in [2.75, 3.05) is 0 Å². The summed E-state index contributed by atoms with van der Waals surface area (Å²) in [5, 5.41) is 19.9. The van der Waals surface area contributed by atoms with E-state index >= 15 is 0 Å². The Hall–Kier alpha value is -2.58. The predicted molar refractivity (Wildman–Crippen MR) is 78.2 cm³/mol.